The average molecular weight is 610 g/mol. The number of unbranched alkanes of at least 4 members (excludes halogenated alkanes) is 3. The molecule has 0 bridgehead atoms. The Bertz CT molecular complexity index is 964. The molecule has 2 heterocycles. The summed E-state index contributed by atoms with van der Waals surface area (Å²) in [6, 6.07) is -0.409. The fraction of sp³-hybridized carbons (Fsp3) is 0.844. The van der Waals surface area contributed by atoms with Crippen molar-refractivity contribution in [1.82, 2.24) is 16.0 Å². The van der Waals surface area contributed by atoms with Gasteiger partial charge in [-0.25, -0.2) is 9.59 Å². The summed E-state index contributed by atoms with van der Waals surface area (Å²) in [6.45, 7) is 13.9. The number of ether oxygens (including phenoxy) is 5. The summed E-state index contributed by atoms with van der Waals surface area (Å²) < 4.78 is 29.6. The number of rotatable bonds is 17. The average Bonchev–Trinajstić information content (AvgIpc) is 3.88. The van der Waals surface area contributed by atoms with Gasteiger partial charge in [-0.05, 0) is 58.8 Å². The van der Waals surface area contributed by atoms with Crippen molar-refractivity contribution in [2.45, 2.75) is 128 Å². The van der Waals surface area contributed by atoms with Gasteiger partial charge in [0.05, 0.1) is 24.7 Å². The topological polar surface area (TPSA) is 140 Å². The van der Waals surface area contributed by atoms with Crippen molar-refractivity contribution in [3.05, 3.63) is 11.6 Å². The van der Waals surface area contributed by atoms with E-state index in [1.54, 1.807) is 7.11 Å². The molecule has 7 atom stereocenters. The van der Waals surface area contributed by atoms with Gasteiger partial charge in [-0.2, -0.15) is 0 Å². The molecule has 3 unspecified atom stereocenters. The van der Waals surface area contributed by atoms with Crippen molar-refractivity contribution in [1.29, 1.82) is 0 Å². The van der Waals surface area contributed by atoms with Crippen molar-refractivity contribution in [3.63, 3.8) is 0 Å². The first-order chi connectivity index (χ1) is 20.5. The lowest BCUT2D eigenvalue weighted by Gasteiger charge is -2.42. The molecule has 3 N–H and O–H groups in total. The second-order valence-corrected chi connectivity index (χ2v) is 13.0. The molecule has 3 rings (SSSR count). The predicted octanol–water partition coefficient (Wildman–Crippen LogP) is 4.63. The van der Waals surface area contributed by atoms with E-state index in [9.17, 15) is 14.4 Å². The summed E-state index contributed by atoms with van der Waals surface area (Å²) in [5, 5.41) is 8.52. The van der Waals surface area contributed by atoms with Crippen LogP contribution < -0.4 is 16.0 Å². The third-order valence-electron chi connectivity index (χ3n) is 9.01. The van der Waals surface area contributed by atoms with Crippen LogP contribution in [-0.2, 0) is 28.5 Å². The van der Waals surface area contributed by atoms with Crippen LogP contribution in [0.2, 0.25) is 0 Å². The standard InChI is InChI=1S/C32H55N3O8/c1-8-26(36)33-17-11-9-10-12-18-34-29(37)40-19-23(22(4)5)35-30(38)42-24-15-16-32(20-41-32)28(27(24)39-7)31(6)25(43-31)14-13-21(2)3/h13,22-25,27-28H,8-12,14-20H2,1-7H3,(H,33,36)(H,34,37)(H,35,38)/t23-,24?,25+,27?,28?,31-,32-/m0/s1. The molecular weight excluding hydrogens is 554 g/mol. The number of carbonyl (C=O) groups excluding carboxylic acids is 3. The zero-order chi connectivity index (χ0) is 31.6. The van der Waals surface area contributed by atoms with E-state index in [0.29, 0.717) is 32.5 Å². The Morgan fingerprint density at radius 3 is 2.30 bits per heavy atom. The van der Waals surface area contributed by atoms with Crippen molar-refractivity contribution >= 4 is 18.1 Å². The highest BCUT2D eigenvalue weighted by Crippen LogP contribution is 2.59. The molecule has 0 radical (unpaired) electrons. The second kappa shape index (κ2) is 16.1. The lowest BCUT2D eigenvalue weighted by atomic mass is 9.68. The molecule has 11 nitrogen and oxygen atoms in total. The van der Waals surface area contributed by atoms with Crippen LogP contribution in [0.4, 0.5) is 9.59 Å². The Kier molecular flexibility index (Phi) is 13.1. The van der Waals surface area contributed by atoms with E-state index in [0.717, 1.165) is 38.5 Å². The van der Waals surface area contributed by atoms with Gasteiger partial charge in [-0.15, -0.1) is 0 Å². The number of amides is 3. The van der Waals surface area contributed by atoms with Crippen LogP contribution in [0.25, 0.3) is 0 Å². The summed E-state index contributed by atoms with van der Waals surface area (Å²) in [5.74, 6) is 0.0304. The van der Waals surface area contributed by atoms with Gasteiger partial charge in [-0.1, -0.05) is 45.3 Å². The second-order valence-electron chi connectivity index (χ2n) is 13.0. The Hall–Kier alpha value is -2.37. The smallest absolute Gasteiger partial charge is 0.407 e. The lowest BCUT2D eigenvalue weighted by molar-refractivity contribution is -0.120. The van der Waals surface area contributed by atoms with Gasteiger partial charge < -0.3 is 39.6 Å². The maximum Gasteiger partial charge on any atom is 0.407 e. The Morgan fingerprint density at radius 2 is 1.72 bits per heavy atom. The molecule has 2 saturated heterocycles. The van der Waals surface area contributed by atoms with Gasteiger partial charge in [0.25, 0.3) is 0 Å². The molecule has 1 spiro atoms. The van der Waals surface area contributed by atoms with E-state index in [1.165, 1.54) is 5.57 Å². The Labute approximate surface area is 257 Å². The molecule has 2 aliphatic heterocycles. The number of allylic oxidation sites excluding steroid dienone is 1. The molecule has 1 aliphatic carbocycles. The molecule has 3 aliphatic rings. The fourth-order valence-electron chi connectivity index (χ4n) is 6.16. The third-order valence-corrected chi connectivity index (χ3v) is 9.01. The molecule has 11 heteroatoms. The van der Waals surface area contributed by atoms with Crippen LogP contribution in [0.3, 0.4) is 0 Å². The van der Waals surface area contributed by atoms with Crippen molar-refractivity contribution in [3.8, 4) is 0 Å². The van der Waals surface area contributed by atoms with Crippen molar-refractivity contribution < 1.29 is 38.1 Å². The zero-order valence-electron chi connectivity index (χ0n) is 27.3. The first-order valence-corrected chi connectivity index (χ1v) is 16.1. The van der Waals surface area contributed by atoms with Crippen LogP contribution in [0.15, 0.2) is 11.6 Å². The minimum absolute atomic E-state index is 0.0172. The van der Waals surface area contributed by atoms with Gasteiger partial charge in [0.2, 0.25) is 5.91 Å². The monoisotopic (exact) mass is 609 g/mol. The van der Waals surface area contributed by atoms with Crippen LogP contribution in [0.1, 0.15) is 92.9 Å². The summed E-state index contributed by atoms with van der Waals surface area (Å²) >= 11 is 0. The normalized spacial score (nSPS) is 29.9. The number of epoxide rings is 2. The molecule has 3 amide bonds. The van der Waals surface area contributed by atoms with Crippen molar-refractivity contribution in [2.75, 3.05) is 33.4 Å². The lowest BCUT2D eigenvalue weighted by Crippen LogP contribution is -2.56. The van der Waals surface area contributed by atoms with Crippen LogP contribution in [-0.4, -0.2) is 87.1 Å². The Morgan fingerprint density at radius 1 is 1.05 bits per heavy atom. The summed E-state index contributed by atoms with van der Waals surface area (Å²) in [7, 11) is 1.65. The quantitative estimate of drug-likeness (QED) is 0.123. The van der Waals surface area contributed by atoms with Crippen LogP contribution in [0.5, 0.6) is 0 Å². The Balaban J connectivity index is 1.42. The maximum absolute atomic E-state index is 13.1. The first-order valence-electron chi connectivity index (χ1n) is 16.1. The number of hydrogen-bond acceptors (Lipinski definition) is 8. The SMILES string of the molecule is CCC(=O)NCCCCCCNC(=O)OC[C@H](NC(=O)OC1CC[C@]2(CO2)C([C@@]2(C)O[C@@H]2CC=C(C)C)C1OC)C(C)C. The van der Waals surface area contributed by atoms with Crippen molar-refractivity contribution in [2.24, 2.45) is 11.8 Å². The van der Waals surface area contributed by atoms with Crippen LogP contribution >= 0.6 is 0 Å². The highest BCUT2D eigenvalue weighted by atomic mass is 16.6. The maximum atomic E-state index is 13.1. The predicted molar refractivity (Wildman–Crippen MR) is 163 cm³/mol. The molecule has 3 fully saturated rings. The first kappa shape index (κ1) is 35.1. The fourth-order valence-corrected chi connectivity index (χ4v) is 6.16. The molecule has 1 saturated carbocycles. The molecule has 246 valence electrons. The molecule has 43 heavy (non-hydrogen) atoms. The number of methoxy groups -OCH3 is 1. The summed E-state index contributed by atoms with van der Waals surface area (Å²) in [5.41, 5.74) is 0.554. The van der Waals surface area contributed by atoms with Crippen LogP contribution in [0, 0.1) is 11.8 Å². The minimum Gasteiger partial charge on any atom is -0.447 e. The third kappa shape index (κ3) is 10.1. The van der Waals surface area contributed by atoms with Gasteiger partial charge in [0, 0.05) is 26.6 Å². The van der Waals surface area contributed by atoms with E-state index in [2.05, 4.69) is 42.8 Å². The van der Waals surface area contributed by atoms with Gasteiger partial charge >= 0.3 is 12.2 Å². The zero-order valence-corrected chi connectivity index (χ0v) is 27.3. The van der Waals surface area contributed by atoms with Gasteiger partial charge in [0.1, 0.15) is 30.0 Å². The number of hydrogen-bond donors (Lipinski definition) is 3. The highest BCUT2D eigenvalue weighted by Gasteiger charge is 2.72. The van der Waals surface area contributed by atoms with Gasteiger partial charge in [0.15, 0.2) is 0 Å². The van der Waals surface area contributed by atoms with E-state index >= 15 is 0 Å². The highest BCUT2D eigenvalue weighted by molar-refractivity contribution is 5.75. The van der Waals surface area contributed by atoms with E-state index < -0.39 is 29.9 Å². The molecular formula is C32H55N3O8. The molecule has 0 aromatic carbocycles. The van der Waals surface area contributed by atoms with E-state index in [1.807, 2.05) is 20.8 Å². The van der Waals surface area contributed by atoms with Gasteiger partial charge in [-0.3, -0.25) is 4.79 Å². The number of alkyl carbamates (subject to hydrolysis) is 2. The summed E-state index contributed by atoms with van der Waals surface area (Å²) in [6.07, 6.45) is 6.79. The number of nitrogens with one attached hydrogen (secondary N) is 3. The summed E-state index contributed by atoms with van der Waals surface area (Å²) in [4.78, 5) is 36.5. The minimum atomic E-state index is -0.556. The largest absolute Gasteiger partial charge is 0.447 e. The molecule has 0 aromatic heterocycles. The van der Waals surface area contributed by atoms with E-state index in [4.69, 9.17) is 23.7 Å². The number of carbonyl (C=O) groups is 3. The molecule has 0 aromatic rings. The van der Waals surface area contributed by atoms with E-state index in [-0.39, 0.29) is 42.2 Å².